The molecule has 0 saturated carbocycles. The van der Waals surface area contributed by atoms with E-state index >= 15 is 0 Å². The van der Waals surface area contributed by atoms with Crippen molar-refractivity contribution in [2.24, 2.45) is 0 Å². The van der Waals surface area contributed by atoms with Gasteiger partial charge in [-0.05, 0) is 79.1 Å². The quantitative estimate of drug-likeness (QED) is 0.598. The maximum atomic E-state index is 12.3. The normalized spacial score (nSPS) is 16.7. The number of ether oxygens (including phenoxy) is 1. The van der Waals surface area contributed by atoms with E-state index in [4.69, 9.17) is 16.3 Å². The van der Waals surface area contributed by atoms with Gasteiger partial charge < -0.3 is 9.72 Å². The zero-order valence-electron chi connectivity index (χ0n) is 17.6. The topological polar surface area (TPSA) is 45.3 Å². The number of halogens is 1. The van der Waals surface area contributed by atoms with Crippen LogP contribution in [-0.2, 0) is 12.8 Å². The molecule has 160 valence electrons. The number of aromatic amines is 1. The third-order valence-electron chi connectivity index (χ3n) is 6.49. The molecule has 0 radical (unpaired) electrons. The number of nitrogens with zero attached hydrogens (tertiary/aromatic N) is 1. The Hall–Kier alpha value is -2.56. The number of nitrogens with one attached hydrogen (secondary N) is 1. The SMILES string of the molecule is O=c1[nH]c2ccc(OCCN3CC=C(c4ccc(Cl)cc4)CC3)cc2c2c1CCCC2. The summed E-state index contributed by atoms with van der Waals surface area (Å²) in [5.41, 5.74) is 5.82. The van der Waals surface area contributed by atoms with Gasteiger partial charge in [-0.2, -0.15) is 0 Å². The highest BCUT2D eigenvalue weighted by Gasteiger charge is 2.17. The van der Waals surface area contributed by atoms with Gasteiger partial charge in [-0.15, -0.1) is 0 Å². The Balaban J connectivity index is 1.21. The molecular weight excluding hydrogens is 408 g/mol. The summed E-state index contributed by atoms with van der Waals surface area (Å²) >= 11 is 6.00. The Morgan fingerprint density at radius 2 is 1.81 bits per heavy atom. The van der Waals surface area contributed by atoms with Crippen LogP contribution in [-0.4, -0.2) is 36.1 Å². The van der Waals surface area contributed by atoms with Crippen LogP contribution in [0.15, 0.2) is 53.3 Å². The molecule has 0 spiro atoms. The fraction of sp³-hybridized carbons (Fsp3) is 0.346. The second kappa shape index (κ2) is 8.89. The molecule has 4 nitrogen and oxygen atoms in total. The Morgan fingerprint density at radius 1 is 1.00 bits per heavy atom. The summed E-state index contributed by atoms with van der Waals surface area (Å²) in [5.74, 6) is 0.877. The van der Waals surface area contributed by atoms with Crippen molar-refractivity contribution in [2.75, 3.05) is 26.2 Å². The first-order valence-electron chi connectivity index (χ1n) is 11.2. The zero-order valence-corrected chi connectivity index (χ0v) is 18.4. The fourth-order valence-corrected chi connectivity index (χ4v) is 4.88. The van der Waals surface area contributed by atoms with Gasteiger partial charge in [-0.25, -0.2) is 0 Å². The van der Waals surface area contributed by atoms with Gasteiger partial charge in [0, 0.05) is 41.1 Å². The van der Waals surface area contributed by atoms with Crippen LogP contribution in [0.4, 0.5) is 0 Å². The molecule has 1 aliphatic carbocycles. The van der Waals surface area contributed by atoms with E-state index in [1.165, 1.54) is 16.7 Å². The van der Waals surface area contributed by atoms with Gasteiger partial charge >= 0.3 is 0 Å². The predicted octanol–water partition coefficient (Wildman–Crippen LogP) is 5.23. The minimum Gasteiger partial charge on any atom is -0.492 e. The Bertz CT molecular complexity index is 1180. The lowest BCUT2D eigenvalue weighted by Crippen LogP contribution is -2.32. The molecule has 2 aromatic carbocycles. The average molecular weight is 435 g/mol. The van der Waals surface area contributed by atoms with Gasteiger partial charge in [-0.3, -0.25) is 9.69 Å². The number of hydrogen-bond acceptors (Lipinski definition) is 3. The number of pyridine rings is 1. The summed E-state index contributed by atoms with van der Waals surface area (Å²) in [4.78, 5) is 17.8. The van der Waals surface area contributed by atoms with E-state index in [9.17, 15) is 4.79 Å². The van der Waals surface area contributed by atoms with Gasteiger partial charge in [0.25, 0.3) is 5.56 Å². The largest absolute Gasteiger partial charge is 0.492 e. The van der Waals surface area contributed by atoms with Gasteiger partial charge in [0.05, 0.1) is 0 Å². The lowest BCUT2D eigenvalue weighted by molar-refractivity contribution is 0.222. The molecule has 0 amide bonds. The minimum absolute atomic E-state index is 0.0759. The van der Waals surface area contributed by atoms with Crippen molar-refractivity contribution in [1.29, 1.82) is 0 Å². The number of H-pyrrole nitrogens is 1. The minimum atomic E-state index is 0.0759. The van der Waals surface area contributed by atoms with Crippen molar-refractivity contribution >= 4 is 28.1 Å². The molecule has 31 heavy (non-hydrogen) atoms. The van der Waals surface area contributed by atoms with E-state index in [1.54, 1.807) is 0 Å². The number of rotatable bonds is 5. The molecule has 1 N–H and O–H groups in total. The highest BCUT2D eigenvalue weighted by atomic mass is 35.5. The molecule has 0 bridgehead atoms. The molecule has 1 aliphatic heterocycles. The Kier molecular flexibility index (Phi) is 5.84. The van der Waals surface area contributed by atoms with E-state index in [0.29, 0.717) is 6.61 Å². The van der Waals surface area contributed by atoms with Crippen LogP contribution in [0.25, 0.3) is 16.5 Å². The molecule has 0 atom stereocenters. The van der Waals surface area contributed by atoms with Crippen LogP contribution in [0.3, 0.4) is 0 Å². The average Bonchev–Trinajstić information content (AvgIpc) is 2.81. The lowest BCUT2D eigenvalue weighted by Gasteiger charge is -2.26. The first-order valence-corrected chi connectivity index (χ1v) is 11.5. The summed E-state index contributed by atoms with van der Waals surface area (Å²) in [5, 5.41) is 1.92. The summed E-state index contributed by atoms with van der Waals surface area (Å²) in [6, 6.07) is 14.1. The molecule has 2 heterocycles. The van der Waals surface area contributed by atoms with E-state index in [2.05, 4.69) is 34.2 Å². The molecule has 2 aliphatic rings. The molecule has 0 unspecified atom stereocenters. The first-order chi connectivity index (χ1) is 15.2. The van der Waals surface area contributed by atoms with Crippen LogP contribution in [0.2, 0.25) is 5.02 Å². The van der Waals surface area contributed by atoms with Gasteiger partial charge in [0.2, 0.25) is 0 Å². The third-order valence-corrected chi connectivity index (χ3v) is 6.74. The second-order valence-electron chi connectivity index (χ2n) is 8.46. The number of fused-ring (bicyclic) bond motifs is 3. The van der Waals surface area contributed by atoms with Crippen LogP contribution in [0.1, 0.15) is 36.0 Å². The predicted molar refractivity (Wildman–Crippen MR) is 127 cm³/mol. The van der Waals surface area contributed by atoms with Gasteiger partial charge in [0.1, 0.15) is 12.4 Å². The number of hydrogen-bond donors (Lipinski definition) is 1. The van der Waals surface area contributed by atoms with E-state index < -0.39 is 0 Å². The molecule has 3 aromatic rings. The van der Waals surface area contributed by atoms with Gasteiger partial charge in [0.15, 0.2) is 0 Å². The number of aromatic nitrogens is 1. The monoisotopic (exact) mass is 434 g/mol. The molecule has 5 heteroatoms. The molecule has 0 saturated heterocycles. The van der Waals surface area contributed by atoms with Crippen LogP contribution < -0.4 is 10.3 Å². The highest BCUT2D eigenvalue weighted by Crippen LogP contribution is 2.28. The van der Waals surface area contributed by atoms with Crippen molar-refractivity contribution in [3.05, 3.63) is 80.6 Å². The summed E-state index contributed by atoms with van der Waals surface area (Å²) in [6.07, 6.45) is 7.46. The van der Waals surface area contributed by atoms with Gasteiger partial charge in [-0.1, -0.05) is 29.8 Å². The summed E-state index contributed by atoms with van der Waals surface area (Å²) in [7, 11) is 0. The van der Waals surface area contributed by atoms with Crippen molar-refractivity contribution < 1.29 is 4.74 Å². The summed E-state index contributed by atoms with van der Waals surface area (Å²) in [6.45, 7) is 3.52. The second-order valence-corrected chi connectivity index (χ2v) is 8.90. The van der Waals surface area contributed by atoms with Crippen molar-refractivity contribution in [1.82, 2.24) is 9.88 Å². The summed E-state index contributed by atoms with van der Waals surface area (Å²) < 4.78 is 6.09. The molecule has 5 rings (SSSR count). The van der Waals surface area contributed by atoms with E-state index in [1.807, 2.05) is 24.3 Å². The highest BCUT2D eigenvalue weighted by molar-refractivity contribution is 6.30. The maximum Gasteiger partial charge on any atom is 0.251 e. The molecule has 1 aromatic heterocycles. The van der Waals surface area contributed by atoms with E-state index in [0.717, 1.165) is 79.0 Å². The molecule has 0 fully saturated rings. The standard InChI is InChI=1S/C26H27ClN2O2/c27-20-7-5-18(6-8-20)19-11-13-29(14-12-19)15-16-31-21-9-10-25-24(17-21)22-3-1-2-4-23(22)26(30)28-25/h5-11,17H,1-4,12-16H2,(H,28,30). The zero-order chi connectivity index (χ0) is 21.2. The van der Waals surface area contributed by atoms with Crippen LogP contribution >= 0.6 is 11.6 Å². The number of benzene rings is 2. The van der Waals surface area contributed by atoms with Crippen LogP contribution in [0.5, 0.6) is 5.75 Å². The fourth-order valence-electron chi connectivity index (χ4n) is 4.76. The van der Waals surface area contributed by atoms with Crippen molar-refractivity contribution in [2.45, 2.75) is 32.1 Å². The van der Waals surface area contributed by atoms with E-state index in [-0.39, 0.29) is 5.56 Å². The van der Waals surface area contributed by atoms with Crippen molar-refractivity contribution in [3.63, 3.8) is 0 Å². The maximum absolute atomic E-state index is 12.3. The number of aryl methyl sites for hydroxylation is 1. The lowest BCUT2D eigenvalue weighted by atomic mass is 9.90. The molecular formula is C26H27ClN2O2. The Morgan fingerprint density at radius 3 is 2.58 bits per heavy atom. The smallest absolute Gasteiger partial charge is 0.251 e. The van der Waals surface area contributed by atoms with Crippen LogP contribution in [0, 0.1) is 0 Å². The first kappa shape index (κ1) is 20.3. The Labute approximate surface area is 187 Å². The van der Waals surface area contributed by atoms with Crippen molar-refractivity contribution in [3.8, 4) is 5.75 Å². The third kappa shape index (κ3) is 4.41.